The van der Waals surface area contributed by atoms with E-state index in [0.29, 0.717) is 4.91 Å². The summed E-state index contributed by atoms with van der Waals surface area (Å²) >= 11 is 6.35. The molecule has 3 aromatic rings. The monoisotopic (exact) mass is 407 g/mol. The summed E-state index contributed by atoms with van der Waals surface area (Å²) in [6, 6.07) is 15.3. The first-order valence-electron chi connectivity index (χ1n) is 8.24. The van der Waals surface area contributed by atoms with E-state index < -0.39 is 11.8 Å². The van der Waals surface area contributed by atoms with Gasteiger partial charge < -0.3 is 5.11 Å². The van der Waals surface area contributed by atoms with E-state index in [2.05, 4.69) is 10.4 Å². The zero-order chi connectivity index (χ0) is 19.7. The number of thiocarbonyl (C=S) groups is 1. The average Bonchev–Trinajstić information content (AvgIpc) is 2.95. The number of pyridine rings is 1. The van der Waals surface area contributed by atoms with Gasteiger partial charge >= 0.3 is 0 Å². The lowest BCUT2D eigenvalue weighted by Crippen LogP contribution is -2.44. The first kappa shape index (κ1) is 18.1. The lowest BCUT2D eigenvalue weighted by Gasteiger charge is -2.15. The van der Waals surface area contributed by atoms with E-state index in [9.17, 15) is 14.7 Å². The van der Waals surface area contributed by atoms with Crippen LogP contribution in [0.1, 0.15) is 15.9 Å². The Bertz CT molecular complexity index is 1150. The number of nitrogens with zero attached hydrogens (tertiary/aromatic N) is 2. The van der Waals surface area contributed by atoms with Gasteiger partial charge in [0.15, 0.2) is 4.32 Å². The molecule has 8 heteroatoms. The molecule has 1 aliphatic rings. The first-order chi connectivity index (χ1) is 13.5. The summed E-state index contributed by atoms with van der Waals surface area (Å²) in [7, 11) is 0. The van der Waals surface area contributed by atoms with Crippen molar-refractivity contribution in [3.05, 3.63) is 76.8 Å². The summed E-state index contributed by atoms with van der Waals surface area (Å²) in [5.41, 5.74) is 4.28. The van der Waals surface area contributed by atoms with Crippen LogP contribution in [0.25, 0.3) is 17.0 Å². The number of nitrogens with one attached hydrogen (secondary N) is 1. The van der Waals surface area contributed by atoms with Crippen molar-refractivity contribution in [2.24, 2.45) is 0 Å². The Morgan fingerprint density at radius 1 is 1.18 bits per heavy atom. The van der Waals surface area contributed by atoms with Crippen molar-refractivity contribution in [2.75, 3.05) is 0 Å². The van der Waals surface area contributed by atoms with Gasteiger partial charge in [0.1, 0.15) is 5.75 Å². The predicted octanol–water partition coefficient (Wildman–Crippen LogP) is 3.49. The molecule has 2 aromatic carbocycles. The maximum Gasteiger partial charge on any atom is 0.285 e. The highest BCUT2D eigenvalue weighted by Gasteiger charge is 2.34. The van der Waals surface area contributed by atoms with Gasteiger partial charge in [-0.1, -0.05) is 42.1 Å². The number of carbonyl (C=O) groups is 2. The Morgan fingerprint density at radius 3 is 2.79 bits per heavy atom. The fraction of sp³-hybridized carbons (Fsp3) is 0. The molecule has 138 valence electrons. The standard InChI is InChI=1S/C20H13N3O3S2/c24-15-8-2-6-14(10-15)18(25)22-23-19(26)16(28-20(23)27)11-13-5-1-4-12-7-3-9-21-17(12)13/h1-11,24H,(H,22,25)/b16-11-. The van der Waals surface area contributed by atoms with Crippen LogP contribution in [-0.2, 0) is 4.79 Å². The summed E-state index contributed by atoms with van der Waals surface area (Å²) in [6.07, 6.45) is 3.41. The quantitative estimate of drug-likeness (QED) is 0.511. The number of thioether (sulfide) groups is 1. The molecule has 0 radical (unpaired) electrons. The van der Waals surface area contributed by atoms with E-state index in [0.717, 1.165) is 33.2 Å². The molecule has 2 amide bonds. The molecule has 1 fully saturated rings. The number of benzene rings is 2. The largest absolute Gasteiger partial charge is 0.508 e. The van der Waals surface area contributed by atoms with Crippen molar-refractivity contribution in [3.63, 3.8) is 0 Å². The molecule has 4 rings (SSSR count). The maximum atomic E-state index is 12.8. The first-order valence-corrected chi connectivity index (χ1v) is 9.47. The van der Waals surface area contributed by atoms with Gasteiger partial charge in [-0.2, -0.15) is 5.01 Å². The molecule has 0 aliphatic carbocycles. The number of carbonyl (C=O) groups excluding carboxylic acids is 2. The van der Waals surface area contributed by atoms with Gasteiger partial charge in [-0.15, -0.1) is 0 Å². The number of fused-ring (bicyclic) bond motifs is 1. The SMILES string of the molecule is O=C(NN1C(=O)/C(=C/c2cccc3cccnc23)SC1=S)c1cccc(O)c1. The highest BCUT2D eigenvalue weighted by atomic mass is 32.2. The summed E-state index contributed by atoms with van der Waals surface area (Å²) < 4.78 is 0.220. The Balaban J connectivity index is 1.60. The Kier molecular flexibility index (Phi) is 4.81. The molecular formula is C20H13N3O3S2. The van der Waals surface area contributed by atoms with Crippen molar-refractivity contribution in [3.8, 4) is 5.75 Å². The van der Waals surface area contributed by atoms with Gasteiger partial charge in [0, 0.05) is 22.7 Å². The molecule has 2 N–H and O–H groups in total. The molecule has 2 heterocycles. The molecule has 0 saturated carbocycles. The summed E-state index contributed by atoms with van der Waals surface area (Å²) in [4.78, 5) is 29.9. The third-order valence-corrected chi connectivity index (χ3v) is 5.37. The third-order valence-electron chi connectivity index (χ3n) is 4.07. The van der Waals surface area contributed by atoms with Gasteiger partial charge in [-0.05, 0) is 42.6 Å². The minimum absolute atomic E-state index is 0.0404. The fourth-order valence-corrected chi connectivity index (χ4v) is 3.93. The molecule has 1 saturated heterocycles. The van der Waals surface area contributed by atoms with E-state index in [1.165, 1.54) is 18.2 Å². The highest BCUT2D eigenvalue weighted by Crippen LogP contribution is 2.32. The van der Waals surface area contributed by atoms with Crippen LogP contribution < -0.4 is 5.43 Å². The number of aromatic hydroxyl groups is 1. The number of rotatable bonds is 3. The van der Waals surface area contributed by atoms with Gasteiger partial charge in [-0.25, -0.2) is 0 Å². The summed E-state index contributed by atoms with van der Waals surface area (Å²) in [5.74, 6) is -1.00. The van der Waals surface area contributed by atoms with Crippen LogP contribution in [0, 0.1) is 0 Å². The molecule has 1 aromatic heterocycles. The highest BCUT2D eigenvalue weighted by molar-refractivity contribution is 8.26. The predicted molar refractivity (Wildman–Crippen MR) is 112 cm³/mol. The molecule has 0 unspecified atom stereocenters. The minimum Gasteiger partial charge on any atom is -0.508 e. The molecule has 0 bridgehead atoms. The molecule has 0 atom stereocenters. The molecule has 1 aliphatic heterocycles. The number of phenolic OH excluding ortho intramolecular Hbond substituents is 1. The van der Waals surface area contributed by atoms with Crippen LogP contribution in [0.15, 0.2) is 65.7 Å². The van der Waals surface area contributed by atoms with Crippen LogP contribution in [0.4, 0.5) is 0 Å². The van der Waals surface area contributed by atoms with Gasteiger partial charge in [0.2, 0.25) is 0 Å². The van der Waals surface area contributed by atoms with E-state index >= 15 is 0 Å². The van der Waals surface area contributed by atoms with E-state index in [4.69, 9.17) is 12.2 Å². The van der Waals surface area contributed by atoms with Crippen LogP contribution in [0.5, 0.6) is 5.75 Å². The number of hydrogen-bond donors (Lipinski definition) is 2. The number of hydrogen-bond acceptors (Lipinski definition) is 6. The topological polar surface area (TPSA) is 82.5 Å². The smallest absolute Gasteiger partial charge is 0.285 e. The third kappa shape index (κ3) is 3.47. The lowest BCUT2D eigenvalue weighted by molar-refractivity contribution is -0.123. The zero-order valence-electron chi connectivity index (χ0n) is 14.3. The van der Waals surface area contributed by atoms with Crippen LogP contribution in [0.2, 0.25) is 0 Å². The van der Waals surface area contributed by atoms with E-state index in [1.807, 2.05) is 30.3 Å². The summed E-state index contributed by atoms with van der Waals surface area (Å²) in [6.45, 7) is 0. The van der Waals surface area contributed by atoms with Crippen LogP contribution in [0.3, 0.4) is 0 Å². The Hall–Kier alpha value is -3.23. The Labute approximate surface area is 169 Å². The second kappa shape index (κ2) is 7.41. The van der Waals surface area contributed by atoms with Crippen molar-refractivity contribution in [2.45, 2.75) is 0 Å². The second-order valence-corrected chi connectivity index (χ2v) is 7.61. The molecule has 28 heavy (non-hydrogen) atoms. The van der Waals surface area contributed by atoms with Crippen molar-refractivity contribution >= 4 is 57.1 Å². The molecular weight excluding hydrogens is 394 g/mol. The number of aromatic nitrogens is 1. The van der Waals surface area contributed by atoms with Crippen LogP contribution in [-0.4, -0.2) is 31.2 Å². The lowest BCUT2D eigenvalue weighted by atomic mass is 10.1. The average molecular weight is 407 g/mol. The number of phenols is 1. The normalized spacial score (nSPS) is 15.4. The van der Waals surface area contributed by atoms with Crippen molar-refractivity contribution in [1.82, 2.24) is 15.4 Å². The molecule has 0 spiro atoms. The summed E-state index contributed by atoms with van der Waals surface area (Å²) in [5, 5.41) is 11.5. The number of amides is 2. The van der Waals surface area contributed by atoms with Gasteiger partial charge in [-0.3, -0.25) is 20.0 Å². The van der Waals surface area contributed by atoms with Crippen LogP contribution >= 0.6 is 24.0 Å². The van der Waals surface area contributed by atoms with Crippen molar-refractivity contribution < 1.29 is 14.7 Å². The van der Waals surface area contributed by atoms with Gasteiger partial charge in [0.25, 0.3) is 11.8 Å². The van der Waals surface area contributed by atoms with E-state index in [1.54, 1.807) is 18.3 Å². The minimum atomic E-state index is -0.541. The van der Waals surface area contributed by atoms with Gasteiger partial charge in [0.05, 0.1) is 10.4 Å². The molecule has 6 nitrogen and oxygen atoms in total. The zero-order valence-corrected chi connectivity index (χ0v) is 16.0. The number of hydrazine groups is 1. The number of para-hydroxylation sites is 1. The Morgan fingerprint density at radius 2 is 1.96 bits per heavy atom. The second-order valence-electron chi connectivity index (χ2n) is 5.93. The maximum absolute atomic E-state index is 12.8. The van der Waals surface area contributed by atoms with Crippen molar-refractivity contribution in [1.29, 1.82) is 0 Å². The fourth-order valence-electron chi connectivity index (χ4n) is 2.76. The van der Waals surface area contributed by atoms with E-state index in [-0.39, 0.29) is 15.6 Å².